The first-order valence-electron chi connectivity index (χ1n) is 7.30. The number of rotatable bonds is 5. The molecule has 0 spiro atoms. The third-order valence-corrected chi connectivity index (χ3v) is 3.61. The first kappa shape index (κ1) is 17.2. The van der Waals surface area contributed by atoms with Crippen LogP contribution in [0.2, 0.25) is 5.02 Å². The van der Waals surface area contributed by atoms with Crippen molar-refractivity contribution in [2.75, 3.05) is 5.43 Å². The summed E-state index contributed by atoms with van der Waals surface area (Å²) in [6, 6.07) is 13.1. The minimum atomic E-state index is -0.585. The molecule has 2 N–H and O–H groups in total. The monoisotopic (exact) mass is 370 g/mol. The molecule has 130 valence electrons. The molecule has 0 saturated heterocycles. The molecule has 26 heavy (non-hydrogen) atoms. The van der Waals surface area contributed by atoms with Crippen molar-refractivity contribution in [2.24, 2.45) is 5.10 Å². The van der Waals surface area contributed by atoms with Gasteiger partial charge in [-0.3, -0.25) is 19.9 Å². The van der Waals surface area contributed by atoms with E-state index < -0.39 is 10.5 Å². The van der Waals surface area contributed by atoms with Crippen LogP contribution in [-0.4, -0.2) is 26.3 Å². The van der Waals surface area contributed by atoms with Gasteiger partial charge in [0.2, 0.25) is 5.95 Å². The predicted octanol–water partition coefficient (Wildman–Crippen LogP) is 2.84. The van der Waals surface area contributed by atoms with Crippen LogP contribution in [0.5, 0.6) is 0 Å². The zero-order valence-electron chi connectivity index (χ0n) is 13.1. The average Bonchev–Trinajstić information content (AvgIpc) is 2.64. The highest BCUT2D eigenvalue weighted by atomic mass is 35.5. The first-order chi connectivity index (χ1) is 12.5. The van der Waals surface area contributed by atoms with Crippen molar-refractivity contribution in [1.29, 1.82) is 0 Å². The lowest BCUT2D eigenvalue weighted by atomic mass is 10.2. The molecule has 0 aliphatic carbocycles. The molecular formula is C16H11ClN6O3. The Morgan fingerprint density at radius 2 is 1.96 bits per heavy atom. The predicted molar refractivity (Wildman–Crippen MR) is 97.4 cm³/mol. The van der Waals surface area contributed by atoms with Gasteiger partial charge in [0.05, 0.1) is 11.1 Å². The maximum absolute atomic E-state index is 12.1. The number of nitro benzene ring substituents is 1. The van der Waals surface area contributed by atoms with E-state index >= 15 is 0 Å². The number of benzene rings is 2. The Hall–Kier alpha value is -3.59. The number of hydrogen-bond donors (Lipinski definition) is 2. The number of aromatic amines is 1. The molecule has 1 heterocycles. The maximum Gasteiger partial charge on any atom is 0.288 e. The third kappa shape index (κ3) is 3.90. The smallest absolute Gasteiger partial charge is 0.288 e. The standard InChI is InChI=1S/C16H11ClN6O3/c17-12-7-6-10(8-13(12)23(25)26)9-18-21-16-19-15(24)14(20-22-16)11-4-2-1-3-5-11/h1-9H,(H2,19,21,22,24)/b18-9+. The normalized spacial score (nSPS) is 10.8. The number of hydrogen-bond acceptors (Lipinski definition) is 7. The van der Waals surface area contributed by atoms with Crippen LogP contribution in [0.1, 0.15) is 5.56 Å². The van der Waals surface area contributed by atoms with E-state index in [4.69, 9.17) is 11.6 Å². The first-order valence-corrected chi connectivity index (χ1v) is 7.68. The van der Waals surface area contributed by atoms with E-state index in [9.17, 15) is 14.9 Å². The van der Waals surface area contributed by atoms with Crippen molar-refractivity contribution >= 4 is 29.5 Å². The minimum Gasteiger partial charge on any atom is -0.288 e. The number of aromatic nitrogens is 3. The van der Waals surface area contributed by atoms with Crippen LogP contribution in [-0.2, 0) is 0 Å². The van der Waals surface area contributed by atoms with Gasteiger partial charge in [-0.25, -0.2) is 5.43 Å². The zero-order chi connectivity index (χ0) is 18.5. The second kappa shape index (κ2) is 7.53. The Morgan fingerprint density at radius 1 is 1.19 bits per heavy atom. The summed E-state index contributed by atoms with van der Waals surface area (Å²) >= 11 is 5.74. The lowest BCUT2D eigenvalue weighted by Crippen LogP contribution is -2.15. The summed E-state index contributed by atoms with van der Waals surface area (Å²) < 4.78 is 0. The van der Waals surface area contributed by atoms with E-state index in [-0.39, 0.29) is 22.4 Å². The van der Waals surface area contributed by atoms with E-state index in [1.165, 1.54) is 18.3 Å². The second-order valence-electron chi connectivity index (χ2n) is 5.06. The van der Waals surface area contributed by atoms with Crippen LogP contribution in [0, 0.1) is 10.1 Å². The summed E-state index contributed by atoms with van der Waals surface area (Å²) in [5, 5.41) is 22.5. The fourth-order valence-electron chi connectivity index (χ4n) is 2.09. The molecule has 0 atom stereocenters. The van der Waals surface area contributed by atoms with E-state index in [0.717, 1.165) is 0 Å². The number of nitro groups is 1. The molecule has 0 aliphatic heterocycles. The Bertz CT molecular complexity index is 1040. The third-order valence-electron chi connectivity index (χ3n) is 3.30. The highest BCUT2D eigenvalue weighted by Gasteiger charge is 2.12. The van der Waals surface area contributed by atoms with Crippen molar-refractivity contribution in [3.8, 4) is 11.3 Å². The topological polar surface area (TPSA) is 126 Å². The molecule has 0 aliphatic rings. The van der Waals surface area contributed by atoms with Gasteiger partial charge < -0.3 is 0 Å². The Balaban J connectivity index is 1.75. The number of hydrazone groups is 1. The Kier molecular flexibility index (Phi) is 4.99. The molecule has 3 aromatic rings. The van der Waals surface area contributed by atoms with Gasteiger partial charge >= 0.3 is 0 Å². The van der Waals surface area contributed by atoms with Crippen molar-refractivity contribution in [3.63, 3.8) is 0 Å². The van der Waals surface area contributed by atoms with Gasteiger partial charge in [-0.2, -0.15) is 5.10 Å². The van der Waals surface area contributed by atoms with E-state index in [1.54, 1.807) is 30.3 Å². The number of nitrogens with one attached hydrogen (secondary N) is 2. The average molecular weight is 371 g/mol. The Labute approximate surface area is 151 Å². The second-order valence-corrected chi connectivity index (χ2v) is 5.46. The maximum atomic E-state index is 12.1. The molecule has 1 aromatic heterocycles. The largest absolute Gasteiger partial charge is 0.288 e. The van der Waals surface area contributed by atoms with Gasteiger partial charge in [0.1, 0.15) is 5.02 Å². The van der Waals surface area contributed by atoms with E-state index in [0.29, 0.717) is 11.1 Å². The summed E-state index contributed by atoms with van der Waals surface area (Å²) in [6.45, 7) is 0. The fraction of sp³-hybridized carbons (Fsp3) is 0. The van der Waals surface area contributed by atoms with Gasteiger partial charge in [-0.1, -0.05) is 48.0 Å². The zero-order valence-corrected chi connectivity index (χ0v) is 13.8. The van der Waals surface area contributed by atoms with E-state index in [1.807, 2.05) is 6.07 Å². The number of H-pyrrole nitrogens is 1. The summed E-state index contributed by atoms with van der Waals surface area (Å²) in [5.41, 5.74) is 3.14. The molecule has 0 amide bonds. The van der Waals surface area contributed by atoms with Gasteiger partial charge in [-0.05, 0) is 6.07 Å². The molecular weight excluding hydrogens is 360 g/mol. The highest BCUT2D eigenvalue weighted by Crippen LogP contribution is 2.24. The lowest BCUT2D eigenvalue weighted by molar-refractivity contribution is -0.384. The molecule has 10 heteroatoms. The molecule has 0 bridgehead atoms. The van der Waals surface area contributed by atoms with Crippen molar-refractivity contribution in [1.82, 2.24) is 15.2 Å². The number of anilines is 1. The molecule has 0 fully saturated rings. The quantitative estimate of drug-likeness (QED) is 0.404. The van der Waals surface area contributed by atoms with Crippen molar-refractivity contribution in [2.45, 2.75) is 0 Å². The van der Waals surface area contributed by atoms with Crippen LogP contribution in [0.15, 0.2) is 58.4 Å². The summed E-state index contributed by atoms with van der Waals surface area (Å²) in [5.74, 6) is 0.0365. The SMILES string of the molecule is O=c1[nH]c(N/N=C/c2ccc(Cl)c([N+](=O)[O-])c2)nnc1-c1ccccc1. The highest BCUT2D eigenvalue weighted by molar-refractivity contribution is 6.32. The summed E-state index contributed by atoms with van der Waals surface area (Å²) in [6.07, 6.45) is 1.33. The minimum absolute atomic E-state index is 0.0341. The lowest BCUT2D eigenvalue weighted by Gasteiger charge is -2.01. The van der Waals surface area contributed by atoms with Crippen LogP contribution in [0.3, 0.4) is 0 Å². The van der Waals surface area contributed by atoms with Crippen LogP contribution >= 0.6 is 11.6 Å². The molecule has 0 unspecified atom stereocenters. The van der Waals surface area contributed by atoms with Gasteiger partial charge in [-0.15, -0.1) is 10.2 Å². The fourth-order valence-corrected chi connectivity index (χ4v) is 2.28. The van der Waals surface area contributed by atoms with Crippen LogP contribution in [0.25, 0.3) is 11.3 Å². The van der Waals surface area contributed by atoms with Crippen molar-refractivity contribution < 1.29 is 4.92 Å². The molecule has 0 saturated carbocycles. The van der Waals surface area contributed by atoms with Crippen LogP contribution < -0.4 is 11.0 Å². The summed E-state index contributed by atoms with van der Waals surface area (Å²) in [4.78, 5) is 24.9. The van der Waals surface area contributed by atoms with Crippen molar-refractivity contribution in [3.05, 3.63) is 79.6 Å². The molecule has 3 rings (SSSR count). The molecule has 2 aromatic carbocycles. The van der Waals surface area contributed by atoms with Crippen LogP contribution in [0.4, 0.5) is 11.6 Å². The molecule has 0 radical (unpaired) electrons. The number of nitrogens with zero attached hydrogens (tertiary/aromatic N) is 4. The van der Waals surface area contributed by atoms with Gasteiger partial charge in [0, 0.05) is 17.2 Å². The van der Waals surface area contributed by atoms with Gasteiger partial charge in [0.15, 0.2) is 5.69 Å². The molecule has 9 nitrogen and oxygen atoms in total. The van der Waals surface area contributed by atoms with E-state index in [2.05, 4.69) is 25.7 Å². The summed E-state index contributed by atoms with van der Waals surface area (Å²) in [7, 11) is 0. The Morgan fingerprint density at radius 3 is 2.65 bits per heavy atom. The van der Waals surface area contributed by atoms with Gasteiger partial charge in [0.25, 0.3) is 11.2 Å². The number of halogens is 1.